The van der Waals surface area contributed by atoms with Crippen LogP contribution in [0, 0.1) is 0 Å². The van der Waals surface area contributed by atoms with Crippen LogP contribution in [0.2, 0.25) is 0 Å². The first-order valence-electron chi connectivity index (χ1n) is 9.33. The summed E-state index contributed by atoms with van der Waals surface area (Å²) in [5.74, 6) is 0.928. The Morgan fingerprint density at radius 2 is 1.96 bits per heavy atom. The fourth-order valence-corrected chi connectivity index (χ4v) is 4.33. The molecule has 1 atom stereocenters. The van der Waals surface area contributed by atoms with Crippen molar-refractivity contribution < 1.29 is 14.3 Å². The van der Waals surface area contributed by atoms with Crippen molar-refractivity contribution in [2.45, 2.75) is 24.7 Å². The Hall–Kier alpha value is -2.82. The number of carbonyl (C=O) groups is 2. The number of likely N-dealkylation sites (N-methyl/N-ethyl adjacent to an activating group) is 1. The van der Waals surface area contributed by atoms with E-state index in [4.69, 9.17) is 4.74 Å². The van der Waals surface area contributed by atoms with E-state index in [1.54, 1.807) is 12.0 Å². The molecule has 0 bridgehead atoms. The molecule has 5 heteroatoms. The van der Waals surface area contributed by atoms with Gasteiger partial charge >= 0.3 is 0 Å². The number of fused-ring (bicyclic) bond motifs is 2. The van der Waals surface area contributed by atoms with Gasteiger partial charge in [-0.3, -0.25) is 9.59 Å². The van der Waals surface area contributed by atoms with Crippen LogP contribution in [-0.4, -0.2) is 44.0 Å². The molecule has 0 N–H and O–H groups in total. The molecule has 1 spiro atoms. The van der Waals surface area contributed by atoms with Crippen molar-refractivity contribution in [2.75, 3.05) is 32.1 Å². The molecular weight excluding hydrogens is 340 g/mol. The second-order valence-corrected chi connectivity index (χ2v) is 7.38. The molecule has 0 aromatic heterocycles. The van der Waals surface area contributed by atoms with Crippen molar-refractivity contribution in [1.82, 2.24) is 4.90 Å². The van der Waals surface area contributed by atoms with Crippen LogP contribution >= 0.6 is 0 Å². The first-order valence-corrected chi connectivity index (χ1v) is 9.33. The van der Waals surface area contributed by atoms with Crippen LogP contribution in [-0.2, 0) is 21.4 Å². The molecule has 1 saturated heterocycles. The van der Waals surface area contributed by atoms with Gasteiger partial charge in [-0.25, -0.2) is 0 Å². The van der Waals surface area contributed by atoms with Crippen LogP contribution in [0.4, 0.5) is 5.69 Å². The highest BCUT2D eigenvalue weighted by Crippen LogP contribution is 2.48. The van der Waals surface area contributed by atoms with Crippen LogP contribution in [0.3, 0.4) is 0 Å². The molecule has 2 aliphatic heterocycles. The normalized spacial score (nSPS) is 21.0. The van der Waals surface area contributed by atoms with Crippen molar-refractivity contribution >= 4 is 17.5 Å². The van der Waals surface area contributed by atoms with Gasteiger partial charge in [0.05, 0.1) is 12.5 Å². The lowest BCUT2D eigenvalue weighted by atomic mass is 9.81. The number of carbonyl (C=O) groups excluding carboxylic acids is 2. The number of nitrogens with zero attached hydrogens (tertiary/aromatic N) is 2. The fourth-order valence-electron chi connectivity index (χ4n) is 4.33. The van der Waals surface area contributed by atoms with E-state index in [-0.39, 0.29) is 11.8 Å². The number of ether oxygens (including phenoxy) is 1. The van der Waals surface area contributed by atoms with Gasteiger partial charge in [-0.1, -0.05) is 30.3 Å². The highest BCUT2D eigenvalue weighted by Gasteiger charge is 2.54. The van der Waals surface area contributed by atoms with E-state index in [9.17, 15) is 9.59 Å². The number of hydrogen-bond acceptors (Lipinski definition) is 3. The van der Waals surface area contributed by atoms with Crippen molar-refractivity contribution in [3.8, 4) is 5.75 Å². The third-order valence-corrected chi connectivity index (χ3v) is 5.89. The van der Waals surface area contributed by atoms with Crippen molar-refractivity contribution in [3.63, 3.8) is 0 Å². The molecule has 2 amide bonds. The standard InChI is InChI=1S/C22H24N2O3/c1-23-19-10-9-17(27-2)14-18(19)22(21(23)26)12-13-24(15-22)20(25)11-8-16-6-4-3-5-7-16/h3-7,9-10,14H,8,11-13,15H2,1-2H3/t22-/m0/s1. The summed E-state index contributed by atoms with van der Waals surface area (Å²) in [5.41, 5.74) is 2.42. The SMILES string of the molecule is COc1ccc2c(c1)[C@@]1(CCN(C(=O)CCc3ccccc3)C1)C(=O)N2C. The largest absolute Gasteiger partial charge is 0.497 e. The second-order valence-electron chi connectivity index (χ2n) is 7.38. The first-order chi connectivity index (χ1) is 13.0. The van der Waals surface area contributed by atoms with E-state index in [2.05, 4.69) is 0 Å². The maximum atomic E-state index is 13.1. The molecule has 2 aliphatic rings. The lowest BCUT2D eigenvalue weighted by Crippen LogP contribution is -2.42. The molecule has 140 valence electrons. The summed E-state index contributed by atoms with van der Waals surface area (Å²) in [7, 11) is 3.44. The van der Waals surface area contributed by atoms with E-state index < -0.39 is 5.41 Å². The number of likely N-dealkylation sites (tertiary alicyclic amines) is 1. The summed E-state index contributed by atoms with van der Waals surface area (Å²) in [4.78, 5) is 29.4. The predicted octanol–water partition coefficient (Wildman–Crippen LogP) is 2.77. The second kappa shape index (κ2) is 6.72. The molecular formula is C22H24N2O3. The minimum absolute atomic E-state index is 0.0733. The predicted molar refractivity (Wildman–Crippen MR) is 104 cm³/mol. The van der Waals surface area contributed by atoms with E-state index in [0.29, 0.717) is 25.9 Å². The van der Waals surface area contributed by atoms with Crippen molar-refractivity contribution in [2.24, 2.45) is 0 Å². The van der Waals surface area contributed by atoms with E-state index in [0.717, 1.165) is 29.0 Å². The number of amides is 2. The van der Waals surface area contributed by atoms with Crippen LogP contribution in [0.5, 0.6) is 5.75 Å². The topological polar surface area (TPSA) is 49.9 Å². The molecule has 0 radical (unpaired) electrons. The highest BCUT2D eigenvalue weighted by molar-refractivity contribution is 6.08. The van der Waals surface area contributed by atoms with Gasteiger partial charge in [0.25, 0.3) is 0 Å². The van der Waals surface area contributed by atoms with Gasteiger partial charge in [-0.15, -0.1) is 0 Å². The zero-order chi connectivity index (χ0) is 19.0. The third kappa shape index (κ3) is 2.87. The highest BCUT2D eigenvalue weighted by atomic mass is 16.5. The van der Waals surface area contributed by atoms with Gasteiger partial charge in [-0.2, -0.15) is 0 Å². The Morgan fingerprint density at radius 1 is 1.19 bits per heavy atom. The first kappa shape index (κ1) is 17.6. The number of hydrogen-bond donors (Lipinski definition) is 0. The Bertz CT molecular complexity index is 880. The Kier molecular flexibility index (Phi) is 4.38. The third-order valence-electron chi connectivity index (χ3n) is 5.89. The molecule has 2 aromatic carbocycles. The zero-order valence-corrected chi connectivity index (χ0v) is 15.8. The van der Waals surface area contributed by atoms with Gasteiger partial charge < -0.3 is 14.5 Å². The van der Waals surface area contributed by atoms with Crippen LogP contribution in [0.1, 0.15) is 24.0 Å². The summed E-state index contributed by atoms with van der Waals surface area (Å²) in [6, 6.07) is 15.8. The maximum Gasteiger partial charge on any atom is 0.239 e. The van der Waals surface area contributed by atoms with Crippen LogP contribution in [0.15, 0.2) is 48.5 Å². The van der Waals surface area contributed by atoms with Crippen molar-refractivity contribution in [1.29, 1.82) is 0 Å². The van der Waals surface area contributed by atoms with Crippen LogP contribution in [0.25, 0.3) is 0 Å². The lowest BCUT2D eigenvalue weighted by Gasteiger charge is -2.23. The fraction of sp³-hybridized carbons (Fsp3) is 0.364. The monoisotopic (exact) mass is 364 g/mol. The Morgan fingerprint density at radius 3 is 2.70 bits per heavy atom. The van der Waals surface area contributed by atoms with Crippen molar-refractivity contribution in [3.05, 3.63) is 59.7 Å². The van der Waals surface area contributed by atoms with Crippen LogP contribution < -0.4 is 9.64 Å². The minimum Gasteiger partial charge on any atom is -0.497 e. The summed E-state index contributed by atoms with van der Waals surface area (Å²) in [6.45, 7) is 1.06. The summed E-state index contributed by atoms with van der Waals surface area (Å²) in [6.07, 6.45) is 1.85. The summed E-state index contributed by atoms with van der Waals surface area (Å²) < 4.78 is 5.36. The molecule has 2 heterocycles. The Labute approximate surface area is 159 Å². The van der Waals surface area contributed by atoms with E-state index in [1.165, 1.54) is 0 Å². The van der Waals surface area contributed by atoms with Gasteiger partial charge in [0, 0.05) is 32.2 Å². The summed E-state index contributed by atoms with van der Waals surface area (Å²) >= 11 is 0. The molecule has 0 unspecified atom stereocenters. The number of aryl methyl sites for hydroxylation is 1. The van der Waals surface area contributed by atoms with E-state index >= 15 is 0 Å². The zero-order valence-electron chi connectivity index (χ0n) is 15.8. The average Bonchev–Trinajstić information content (AvgIpc) is 3.24. The quantitative estimate of drug-likeness (QED) is 0.838. The molecule has 4 rings (SSSR count). The lowest BCUT2D eigenvalue weighted by molar-refractivity contribution is -0.130. The minimum atomic E-state index is -0.638. The van der Waals surface area contributed by atoms with Gasteiger partial charge in [0.2, 0.25) is 11.8 Å². The molecule has 0 aliphatic carbocycles. The number of methoxy groups -OCH3 is 1. The van der Waals surface area contributed by atoms with Gasteiger partial charge in [-0.05, 0) is 42.2 Å². The average molecular weight is 364 g/mol. The number of rotatable bonds is 4. The summed E-state index contributed by atoms with van der Waals surface area (Å²) in [5, 5.41) is 0. The Balaban J connectivity index is 1.53. The smallest absolute Gasteiger partial charge is 0.239 e. The maximum absolute atomic E-state index is 13.1. The van der Waals surface area contributed by atoms with Gasteiger partial charge in [0.15, 0.2) is 0 Å². The molecule has 1 fully saturated rings. The molecule has 0 saturated carbocycles. The number of anilines is 1. The molecule has 5 nitrogen and oxygen atoms in total. The van der Waals surface area contributed by atoms with Gasteiger partial charge in [0.1, 0.15) is 5.75 Å². The van der Waals surface area contributed by atoms with E-state index in [1.807, 2.05) is 60.5 Å². The molecule has 2 aromatic rings. The number of benzene rings is 2. The molecule has 27 heavy (non-hydrogen) atoms.